The predicted octanol–water partition coefficient (Wildman–Crippen LogP) is 2.40. The monoisotopic (exact) mass is 218 g/mol. The largest absolute Gasteiger partial charge is 0.383 e. The highest BCUT2D eigenvalue weighted by Gasteiger charge is 2.31. The zero-order valence-corrected chi connectivity index (χ0v) is 9.74. The van der Waals surface area contributed by atoms with Crippen molar-refractivity contribution < 1.29 is 0 Å². The highest BCUT2D eigenvalue weighted by Crippen LogP contribution is 2.41. The summed E-state index contributed by atoms with van der Waals surface area (Å²) in [6.07, 6.45) is 5.75. The first-order chi connectivity index (χ1) is 7.77. The predicted molar refractivity (Wildman–Crippen MR) is 62.9 cm³/mol. The van der Waals surface area contributed by atoms with Crippen LogP contribution in [0.4, 0.5) is 5.82 Å². The van der Waals surface area contributed by atoms with Crippen molar-refractivity contribution in [1.82, 2.24) is 9.78 Å². The molecule has 1 aliphatic carbocycles. The second-order valence-electron chi connectivity index (χ2n) is 4.46. The number of hydrogen-bond acceptors (Lipinski definition) is 3. The van der Waals surface area contributed by atoms with Crippen molar-refractivity contribution in [1.29, 1.82) is 5.26 Å². The van der Waals surface area contributed by atoms with Crippen LogP contribution in [0.15, 0.2) is 0 Å². The van der Waals surface area contributed by atoms with E-state index >= 15 is 0 Å². The van der Waals surface area contributed by atoms with E-state index in [0.717, 1.165) is 31.5 Å². The van der Waals surface area contributed by atoms with Crippen molar-refractivity contribution in [2.75, 3.05) is 5.73 Å². The molecule has 4 nitrogen and oxygen atoms in total. The molecule has 2 N–H and O–H groups in total. The zero-order valence-electron chi connectivity index (χ0n) is 9.74. The number of nitrogens with two attached hydrogens (primary N) is 1. The van der Waals surface area contributed by atoms with E-state index in [9.17, 15) is 0 Å². The second kappa shape index (κ2) is 4.56. The van der Waals surface area contributed by atoms with Crippen LogP contribution in [0.25, 0.3) is 0 Å². The molecule has 0 aliphatic heterocycles. The van der Waals surface area contributed by atoms with Gasteiger partial charge in [-0.25, -0.2) is 4.68 Å². The minimum atomic E-state index is 0.490. The fraction of sp³-hybridized carbons (Fsp3) is 0.667. The maximum atomic E-state index is 9.08. The van der Waals surface area contributed by atoms with Gasteiger partial charge in [0.05, 0.1) is 5.69 Å². The SMILES string of the molecule is CCCCCn1nc(C2CC2)c(C#N)c1N. The molecule has 0 radical (unpaired) electrons. The number of hydrogen-bond donors (Lipinski definition) is 1. The Balaban J connectivity index is 2.16. The molecule has 86 valence electrons. The molecule has 1 aliphatic rings. The quantitative estimate of drug-likeness (QED) is 0.772. The molecule has 0 atom stereocenters. The number of nitrogen functional groups attached to an aromatic ring is 1. The highest BCUT2D eigenvalue weighted by atomic mass is 15.3. The van der Waals surface area contributed by atoms with Crippen LogP contribution in [0.1, 0.15) is 56.2 Å². The lowest BCUT2D eigenvalue weighted by molar-refractivity contribution is 0.554. The molecule has 2 rings (SSSR count). The fourth-order valence-electron chi connectivity index (χ4n) is 1.93. The number of nitrogens with zero attached hydrogens (tertiary/aromatic N) is 3. The summed E-state index contributed by atoms with van der Waals surface area (Å²) in [6.45, 7) is 3.00. The maximum absolute atomic E-state index is 9.08. The second-order valence-corrected chi connectivity index (χ2v) is 4.46. The summed E-state index contributed by atoms with van der Waals surface area (Å²) in [5, 5.41) is 13.6. The van der Waals surface area contributed by atoms with Gasteiger partial charge in [-0.3, -0.25) is 0 Å². The smallest absolute Gasteiger partial charge is 0.140 e. The van der Waals surface area contributed by atoms with Gasteiger partial charge >= 0.3 is 0 Å². The van der Waals surface area contributed by atoms with E-state index in [1.807, 2.05) is 4.68 Å². The van der Waals surface area contributed by atoms with Crippen molar-refractivity contribution in [3.05, 3.63) is 11.3 Å². The van der Waals surface area contributed by atoms with Crippen molar-refractivity contribution in [3.63, 3.8) is 0 Å². The normalized spacial score (nSPS) is 15.0. The Hall–Kier alpha value is -1.50. The molecule has 16 heavy (non-hydrogen) atoms. The van der Waals surface area contributed by atoms with Crippen molar-refractivity contribution in [2.24, 2.45) is 0 Å². The van der Waals surface area contributed by atoms with Crippen LogP contribution >= 0.6 is 0 Å². The molecule has 0 unspecified atom stereocenters. The maximum Gasteiger partial charge on any atom is 0.140 e. The first kappa shape index (κ1) is 11.0. The first-order valence-electron chi connectivity index (χ1n) is 6.04. The number of unbranched alkanes of at least 4 members (excludes halogenated alkanes) is 2. The Morgan fingerprint density at radius 1 is 1.50 bits per heavy atom. The summed E-state index contributed by atoms with van der Waals surface area (Å²) in [5.74, 6) is 1.05. The van der Waals surface area contributed by atoms with E-state index in [-0.39, 0.29) is 0 Å². The number of anilines is 1. The van der Waals surface area contributed by atoms with Gasteiger partial charge in [0.2, 0.25) is 0 Å². The minimum Gasteiger partial charge on any atom is -0.383 e. The number of aryl methyl sites for hydroxylation is 1. The van der Waals surface area contributed by atoms with Crippen LogP contribution in [-0.4, -0.2) is 9.78 Å². The van der Waals surface area contributed by atoms with Gasteiger partial charge in [0.25, 0.3) is 0 Å². The van der Waals surface area contributed by atoms with Crippen LogP contribution in [-0.2, 0) is 6.54 Å². The van der Waals surface area contributed by atoms with E-state index in [2.05, 4.69) is 18.1 Å². The average Bonchev–Trinajstić information content (AvgIpc) is 3.06. The first-order valence-corrected chi connectivity index (χ1v) is 6.04. The van der Waals surface area contributed by atoms with Crippen molar-refractivity contribution in [2.45, 2.75) is 51.5 Å². The van der Waals surface area contributed by atoms with Gasteiger partial charge in [-0.15, -0.1) is 0 Å². The molecule has 1 saturated carbocycles. The van der Waals surface area contributed by atoms with E-state index in [1.165, 1.54) is 12.8 Å². The van der Waals surface area contributed by atoms with Gasteiger partial charge < -0.3 is 5.73 Å². The lowest BCUT2D eigenvalue weighted by atomic mass is 10.2. The van der Waals surface area contributed by atoms with Gasteiger partial charge in [-0.2, -0.15) is 10.4 Å². The molecular weight excluding hydrogens is 200 g/mol. The molecule has 0 amide bonds. The summed E-state index contributed by atoms with van der Waals surface area (Å²) in [5.41, 5.74) is 7.48. The Labute approximate surface area is 96.0 Å². The highest BCUT2D eigenvalue weighted by molar-refractivity contribution is 5.53. The van der Waals surface area contributed by atoms with Crippen LogP contribution in [0.3, 0.4) is 0 Å². The summed E-state index contributed by atoms with van der Waals surface area (Å²) < 4.78 is 1.81. The van der Waals surface area contributed by atoms with Gasteiger partial charge in [0.1, 0.15) is 17.5 Å². The Bertz CT molecular complexity index is 409. The van der Waals surface area contributed by atoms with E-state index in [1.54, 1.807) is 0 Å². The average molecular weight is 218 g/mol. The van der Waals surface area contributed by atoms with E-state index < -0.39 is 0 Å². The molecule has 4 heteroatoms. The Morgan fingerprint density at radius 3 is 2.81 bits per heavy atom. The van der Waals surface area contributed by atoms with Gasteiger partial charge in [-0.1, -0.05) is 19.8 Å². The summed E-state index contributed by atoms with van der Waals surface area (Å²) in [4.78, 5) is 0. The number of aromatic nitrogens is 2. The van der Waals surface area contributed by atoms with Crippen LogP contribution < -0.4 is 5.73 Å². The van der Waals surface area contributed by atoms with Crippen LogP contribution in [0.2, 0.25) is 0 Å². The third-order valence-electron chi connectivity index (χ3n) is 3.07. The van der Waals surface area contributed by atoms with Gasteiger partial charge in [0.15, 0.2) is 0 Å². The molecule has 0 spiro atoms. The third kappa shape index (κ3) is 2.04. The van der Waals surface area contributed by atoms with Crippen molar-refractivity contribution in [3.8, 4) is 6.07 Å². The molecule has 0 bridgehead atoms. The summed E-state index contributed by atoms with van der Waals surface area (Å²) >= 11 is 0. The molecule has 1 fully saturated rings. The van der Waals surface area contributed by atoms with Gasteiger partial charge in [-0.05, 0) is 19.3 Å². The lowest BCUT2D eigenvalue weighted by Crippen LogP contribution is -2.05. The molecule has 1 heterocycles. The summed E-state index contributed by atoms with van der Waals surface area (Å²) in [7, 11) is 0. The molecule has 0 aromatic carbocycles. The van der Waals surface area contributed by atoms with Crippen molar-refractivity contribution >= 4 is 5.82 Å². The molecular formula is C12H18N4. The topological polar surface area (TPSA) is 67.6 Å². The van der Waals surface area contributed by atoms with Gasteiger partial charge in [0, 0.05) is 12.5 Å². The summed E-state index contributed by atoms with van der Waals surface area (Å²) in [6, 6.07) is 2.19. The Kier molecular flexibility index (Phi) is 3.14. The van der Waals surface area contributed by atoms with E-state index in [0.29, 0.717) is 17.3 Å². The zero-order chi connectivity index (χ0) is 11.5. The van der Waals surface area contributed by atoms with Crippen LogP contribution in [0, 0.1) is 11.3 Å². The molecule has 0 saturated heterocycles. The number of rotatable bonds is 5. The lowest BCUT2D eigenvalue weighted by Gasteiger charge is -2.02. The standard InChI is InChI=1S/C12H18N4/c1-2-3-4-7-16-12(14)10(8-13)11(15-16)9-5-6-9/h9H,2-7,14H2,1H3. The minimum absolute atomic E-state index is 0.490. The fourth-order valence-corrected chi connectivity index (χ4v) is 1.93. The third-order valence-corrected chi connectivity index (χ3v) is 3.07. The molecule has 1 aromatic rings. The Morgan fingerprint density at radius 2 is 2.25 bits per heavy atom. The van der Waals surface area contributed by atoms with E-state index in [4.69, 9.17) is 11.0 Å². The molecule has 1 aromatic heterocycles. The number of nitriles is 1. The van der Waals surface area contributed by atoms with Crippen LogP contribution in [0.5, 0.6) is 0 Å².